The molecule has 2 aromatic heterocycles. The van der Waals surface area contributed by atoms with Gasteiger partial charge in [-0.2, -0.15) is 0 Å². The Morgan fingerprint density at radius 2 is 2.24 bits per heavy atom. The van der Waals surface area contributed by atoms with Gasteiger partial charge in [-0.3, -0.25) is 0 Å². The van der Waals surface area contributed by atoms with Crippen molar-refractivity contribution in [1.29, 1.82) is 0 Å². The third-order valence-corrected chi connectivity index (χ3v) is 5.71. The van der Waals surface area contributed by atoms with E-state index in [0.717, 1.165) is 13.1 Å². The summed E-state index contributed by atoms with van der Waals surface area (Å²) < 4.78 is 0. The molecule has 0 bridgehead atoms. The first kappa shape index (κ1) is 15.0. The topological polar surface area (TPSA) is 28.2 Å². The van der Waals surface area contributed by atoms with Gasteiger partial charge in [0.2, 0.25) is 0 Å². The van der Waals surface area contributed by atoms with E-state index in [9.17, 15) is 0 Å². The average molecular weight is 322 g/mol. The van der Waals surface area contributed by atoms with E-state index in [2.05, 4.69) is 41.6 Å². The zero-order valence-corrected chi connectivity index (χ0v) is 14.6. The molecule has 21 heavy (non-hydrogen) atoms. The number of nitrogens with zero attached hydrogens (tertiary/aromatic N) is 2. The zero-order valence-electron chi connectivity index (χ0n) is 12.9. The summed E-state index contributed by atoms with van der Waals surface area (Å²) in [6.07, 6.45) is 2.62. The van der Waals surface area contributed by atoms with E-state index >= 15 is 0 Å². The second-order valence-electron chi connectivity index (χ2n) is 5.93. The van der Waals surface area contributed by atoms with Gasteiger partial charge in [0.25, 0.3) is 0 Å². The quantitative estimate of drug-likeness (QED) is 0.828. The summed E-state index contributed by atoms with van der Waals surface area (Å²) in [6.45, 7) is 6.40. The van der Waals surface area contributed by atoms with E-state index in [4.69, 9.17) is 4.98 Å². The van der Waals surface area contributed by atoms with Gasteiger partial charge in [0.05, 0.1) is 12.2 Å². The van der Waals surface area contributed by atoms with Gasteiger partial charge in [0, 0.05) is 22.3 Å². The highest BCUT2D eigenvalue weighted by Crippen LogP contribution is 2.38. The van der Waals surface area contributed by atoms with Gasteiger partial charge in [-0.25, -0.2) is 4.98 Å². The molecule has 1 aliphatic carbocycles. The van der Waals surface area contributed by atoms with Crippen LogP contribution in [-0.2, 0) is 13.1 Å². The molecule has 0 spiro atoms. The van der Waals surface area contributed by atoms with Gasteiger partial charge in [-0.1, -0.05) is 19.9 Å². The van der Waals surface area contributed by atoms with Crippen molar-refractivity contribution in [2.75, 3.05) is 11.9 Å². The number of anilines is 1. The van der Waals surface area contributed by atoms with Crippen LogP contribution in [-0.4, -0.2) is 18.1 Å². The van der Waals surface area contributed by atoms with Crippen LogP contribution in [0.3, 0.4) is 0 Å². The third-order valence-electron chi connectivity index (χ3n) is 3.74. The Bertz CT molecular complexity index is 570. The lowest BCUT2D eigenvalue weighted by Crippen LogP contribution is -2.24. The van der Waals surface area contributed by atoms with E-state index in [1.165, 1.54) is 33.4 Å². The van der Waals surface area contributed by atoms with Crippen LogP contribution in [0.15, 0.2) is 17.5 Å². The van der Waals surface area contributed by atoms with Crippen molar-refractivity contribution in [1.82, 2.24) is 10.3 Å². The maximum atomic E-state index is 4.98. The number of thiazole rings is 1. The smallest absolute Gasteiger partial charge is 0.186 e. The van der Waals surface area contributed by atoms with Crippen LogP contribution >= 0.6 is 22.7 Å². The number of nitrogens with one attached hydrogen (secondary N) is 1. The predicted molar refractivity (Wildman–Crippen MR) is 92.5 cm³/mol. The van der Waals surface area contributed by atoms with Gasteiger partial charge in [0.15, 0.2) is 5.13 Å². The Kier molecular flexibility index (Phi) is 4.62. The molecule has 1 fully saturated rings. The third kappa shape index (κ3) is 3.47. The molecule has 0 aliphatic heterocycles. The summed E-state index contributed by atoms with van der Waals surface area (Å²) in [7, 11) is 2.01. The number of aromatic nitrogens is 1. The predicted octanol–water partition coefficient (Wildman–Crippen LogP) is 4.22. The first-order valence-corrected chi connectivity index (χ1v) is 9.32. The molecule has 0 aromatic carbocycles. The van der Waals surface area contributed by atoms with Crippen molar-refractivity contribution in [3.05, 3.63) is 33.0 Å². The summed E-state index contributed by atoms with van der Waals surface area (Å²) in [6, 6.07) is 5.06. The number of thiophene rings is 1. The average Bonchev–Trinajstić information content (AvgIpc) is 2.99. The van der Waals surface area contributed by atoms with E-state index in [1.54, 1.807) is 0 Å². The Morgan fingerprint density at radius 3 is 2.81 bits per heavy atom. The molecule has 114 valence electrons. The van der Waals surface area contributed by atoms with Gasteiger partial charge >= 0.3 is 0 Å². The summed E-state index contributed by atoms with van der Waals surface area (Å²) in [5.41, 5.74) is 1.26. The van der Waals surface area contributed by atoms with E-state index in [0.29, 0.717) is 12.0 Å². The summed E-state index contributed by atoms with van der Waals surface area (Å²) in [5, 5.41) is 6.65. The fourth-order valence-corrected chi connectivity index (χ4v) is 4.52. The first-order valence-electron chi connectivity index (χ1n) is 7.62. The lowest BCUT2D eigenvalue weighted by Gasteiger charge is -2.20. The fourth-order valence-electron chi connectivity index (χ4n) is 2.52. The van der Waals surface area contributed by atoms with Crippen LogP contribution in [0.1, 0.15) is 48.1 Å². The largest absolute Gasteiger partial charge is 0.340 e. The molecule has 1 aliphatic rings. The highest BCUT2D eigenvalue weighted by molar-refractivity contribution is 7.15. The molecule has 0 amide bonds. The van der Waals surface area contributed by atoms with Crippen LogP contribution in [0, 0.1) is 0 Å². The lowest BCUT2D eigenvalue weighted by atomic mass is 10.1. The normalized spacial score (nSPS) is 14.9. The summed E-state index contributed by atoms with van der Waals surface area (Å²) in [4.78, 5) is 10.3. The molecule has 1 saturated carbocycles. The maximum absolute atomic E-state index is 4.98. The molecule has 1 N–H and O–H groups in total. The SMILES string of the molecule is CNCc1sc(N(Cc2cccs2)C2CC2)nc1C(C)C. The second-order valence-corrected chi connectivity index (χ2v) is 8.02. The van der Waals surface area contributed by atoms with Crippen molar-refractivity contribution in [2.24, 2.45) is 0 Å². The minimum absolute atomic E-state index is 0.487. The molecule has 0 radical (unpaired) electrons. The minimum atomic E-state index is 0.487. The van der Waals surface area contributed by atoms with Crippen molar-refractivity contribution < 1.29 is 0 Å². The minimum Gasteiger partial charge on any atom is -0.340 e. The van der Waals surface area contributed by atoms with Gasteiger partial charge in [-0.15, -0.1) is 22.7 Å². The first-order chi connectivity index (χ1) is 10.2. The molecular formula is C16H23N3S2. The van der Waals surface area contributed by atoms with Gasteiger partial charge < -0.3 is 10.2 Å². The van der Waals surface area contributed by atoms with E-state index in [1.807, 2.05) is 29.7 Å². The Hall–Kier alpha value is -0.910. The Labute approximate surface area is 135 Å². The lowest BCUT2D eigenvalue weighted by molar-refractivity contribution is 0.758. The molecule has 2 aromatic rings. The van der Waals surface area contributed by atoms with Crippen molar-refractivity contribution in [3.63, 3.8) is 0 Å². The molecule has 0 saturated heterocycles. The van der Waals surface area contributed by atoms with Crippen LogP contribution in [0.25, 0.3) is 0 Å². The summed E-state index contributed by atoms with van der Waals surface area (Å²) >= 11 is 3.71. The zero-order chi connectivity index (χ0) is 14.8. The molecule has 2 heterocycles. The van der Waals surface area contributed by atoms with Crippen LogP contribution in [0.5, 0.6) is 0 Å². The van der Waals surface area contributed by atoms with Crippen molar-refractivity contribution in [2.45, 2.75) is 51.7 Å². The van der Waals surface area contributed by atoms with Crippen LogP contribution in [0.2, 0.25) is 0 Å². The Morgan fingerprint density at radius 1 is 1.43 bits per heavy atom. The van der Waals surface area contributed by atoms with Gasteiger partial charge in [0.1, 0.15) is 0 Å². The molecule has 3 rings (SSSR count). The monoisotopic (exact) mass is 321 g/mol. The highest BCUT2D eigenvalue weighted by atomic mass is 32.1. The highest BCUT2D eigenvalue weighted by Gasteiger charge is 2.32. The van der Waals surface area contributed by atoms with Crippen molar-refractivity contribution in [3.8, 4) is 0 Å². The number of rotatable bonds is 7. The molecule has 5 heteroatoms. The molecule has 0 atom stereocenters. The van der Waals surface area contributed by atoms with Crippen molar-refractivity contribution >= 4 is 27.8 Å². The molecular weight excluding hydrogens is 298 g/mol. The van der Waals surface area contributed by atoms with Crippen LogP contribution < -0.4 is 10.2 Å². The second kappa shape index (κ2) is 6.46. The van der Waals surface area contributed by atoms with Gasteiger partial charge in [-0.05, 0) is 37.3 Å². The van der Waals surface area contributed by atoms with Crippen LogP contribution in [0.4, 0.5) is 5.13 Å². The number of hydrogen-bond donors (Lipinski definition) is 1. The number of hydrogen-bond acceptors (Lipinski definition) is 5. The fraction of sp³-hybridized carbons (Fsp3) is 0.562. The standard InChI is InChI=1S/C16H23N3S2/c1-11(2)15-14(9-17-3)21-16(18-15)19(12-6-7-12)10-13-5-4-8-20-13/h4-5,8,11-12,17H,6-7,9-10H2,1-3H3. The van der Waals surface area contributed by atoms with E-state index < -0.39 is 0 Å². The Balaban J connectivity index is 1.86. The molecule has 0 unspecified atom stereocenters. The summed E-state index contributed by atoms with van der Waals surface area (Å²) in [5.74, 6) is 0.487. The molecule has 3 nitrogen and oxygen atoms in total. The maximum Gasteiger partial charge on any atom is 0.186 e. The van der Waals surface area contributed by atoms with E-state index in [-0.39, 0.29) is 0 Å².